The van der Waals surface area contributed by atoms with E-state index in [1.54, 1.807) is 0 Å². The first kappa shape index (κ1) is 16.4. The lowest BCUT2D eigenvalue weighted by molar-refractivity contribution is 0.309. The molecule has 1 aliphatic heterocycles. The van der Waals surface area contributed by atoms with Gasteiger partial charge >= 0.3 is 0 Å². The van der Waals surface area contributed by atoms with E-state index < -0.39 is 0 Å². The Morgan fingerprint density at radius 3 is 1.85 bits per heavy atom. The molecule has 0 bridgehead atoms. The largest absolute Gasteiger partial charge is 0.315 e. The third-order valence-electron chi connectivity index (χ3n) is 6.20. The second kappa shape index (κ2) is 6.45. The Hall–Kier alpha value is -2.74. The van der Waals surface area contributed by atoms with Crippen molar-refractivity contribution >= 4 is 22.7 Å². The van der Waals surface area contributed by atoms with E-state index in [1.807, 2.05) is 0 Å². The van der Waals surface area contributed by atoms with Gasteiger partial charge in [0.1, 0.15) is 5.66 Å². The van der Waals surface area contributed by atoms with Crippen molar-refractivity contribution in [2.45, 2.75) is 44.7 Å². The molecule has 1 heterocycles. The molecule has 3 aromatic rings. The summed E-state index contributed by atoms with van der Waals surface area (Å²) >= 11 is 0. The molecule has 5 rings (SSSR count). The van der Waals surface area contributed by atoms with Crippen LogP contribution in [0.1, 0.15) is 37.7 Å². The van der Waals surface area contributed by atoms with Crippen LogP contribution in [0.4, 0.5) is 22.7 Å². The molecule has 3 aromatic carbocycles. The summed E-state index contributed by atoms with van der Waals surface area (Å²) in [5.41, 5.74) is 6.63. The zero-order valence-electron chi connectivity index (χ0n) is 15.9. The topological polar surface area (TPSA) is 6.48 Å². The molecule has 1 aliphatic carbocycles. The van der Waals surface area contributed by atoms with E-state index >= 15 is 0 Å². The van der Waals surface area contributed by atoms with Crippen LogP contribution in [-0.2, 0) is 0 Å². The highest BCUT2D eigenvalue weighted by Gasteiger charge is 2.51. The minimum Gasteiger partial charge on any atom is -0.315 e. The Labute approximate surface area is 162 Å². The Kier molecular flexibility index (Phi) is 3.93. The van der Waals surface area contributed by atoms with Gasteiger partial charge in [0.05, 0.1) is 11.4 Å². The van der Waals surface area contributed by atoms with E-state index in [0.29, 0.717) is 0 Å². The SMILES string of the molecule is Cc1cccc2c1N(c1ccccc1)C1(CCCCC1)N2c1ccccc1. The van der Waals surface area contributed by atoms with Gasteiger partial charge in [-0.2, -0.15) is 0 Å². The normalized spacial score (nSPS) is 18.0. The average Bonchev–Trinajstić information content (AvgIpc) is 3.00. The van der Waals surface area contributed by atoms with Gasteiger partial charge in [0.2, 0.25) is 0 Å². The lowest BCUT2D eigenvalue weighted by atomic mass is 9.86. The fraction of sp³-hybridized carbons (Fsp3) is 0.280. The first-order valence-electron chi connectivity index (χ1n) is 10.1. The maximum absolute atomic E-state index is 2.64. The van der Waals surface area contributed by atoms with Crippen molar-refractivity contribution in [3.8, 4) is 0 Å². The molecule has 2 heteroatoms. The van der Waals surface area contributed by atoms with Crippen LogP contribution in [0.3, 0.4) is 0 Å². The van der Waals surface area contributed by atoms with E-state index in [4.69, 9.17) is 0 Å². The highest BCUT2D eigenvalue weighted by molar-refractivity contribution is 5.92. The Balaban J connectivity index is 1.80. The van der Waals surface area contributed by atoms with Crippen LogP contribution in [-0.4, -0.2) is 5.66 Å². The van der Waals surface area contributed by atoms with Crippen LogP contribution in [0.5, 0.6) is 0 Å². The summed E-state index contributed by atoms with van der Waals surface area (Å²) in [6, 6.07) is 28.7. The molecule has 2 aliphatic rings. The third-order valence-corrected chi connectivity index (χ3v) is 6.20. The lowest BCUT2D eigenvalue weighted by Crippen LogP contribution is -2.54. The molecule has 0 atom stereocenters. The summed E-state index contributed by atoms with van der Waals surface area (Å²) in [5, 5.41) is 0. The number of para-hydroxylation sites is 3. The van der Waals surface area contributed by atoms with E-state index in [0.717, 1.165) is 0 Å². The van der Waals surface area contributed by atoms with Gasteiger partial charge in [-0.25, -0.2) is 0 Å². The fourth-order valence-corrected chi connectivity index (χ4v) is 5.12. The average molecular weight is 354 g/mol. The standard InChI is InChI=1S/C25H26N2/c1-20-12-11-17-23-24(20)27(22-15-7-3-8-16-22)25(18-9-4-10-19-25)26(23)21-13-5-2-6-14-21/h2-3,5-8,11-17H,4,9-10,18-19H2,1H3. The molecule has 1 fully saturated rings. The molecule has 1 spiro atoms. The number of nitrogens with zero attached hydrogens (tertiary/aromatic N) is 2. The van der Waals surface area contributed by atoms with Crippen molar-refractivity contribution in [2.75, 3.05) is 9.80 Å². The molecule has 0 radical (unpaired) electrons. The summed E-state index contributed by atoms with van der Waals surface area (Å²) in [5.74, 6) is 0. The zero-order chi connectivity index (χ0) is 18.3. The first-order valence-corrected chi connectivity index (χ1v) is 10.1. The monoisotopic (exact) mass is 354 g/mol. The molecule has 0 aromatic heterocycles. The van der Waals surface area contributed by atoms with Crippen molar-refractivity contribution in [3.63, 3.8) is 0 Å². The van der Waals surface area contributed by atoms with Gasteiger partial charge in [-0.05, 0) is 68.5 Å². The van der Waals surface area contributed by atoms with Gasteiger partial charge in [0.15, 0.2) is 0 Å². The number of hydrogen-bond acceptors (Lipinski definition) is 2. The van der Waals surface area contributed by atoms with Gasteiger partial charge < -0.3 is 9.80 Å². The Morgan fingerprint density at radius 1 is 0.630 bits per heavy atom. The Bertz CT molecular complexity index is 927. The van der Waals surface area contributed by atoms with Crippen LogP contribution < -0.4 is 9.80 Å². The van der Waals surface area contributed by atoms with E-state index in [9.17, 15) is 0 Å². The van der Waals surface area contributed by atoms with Crippen LogP contribution in [0.25, 0.3) is 0 Å². The molecule has 2 nitrogen and oxygen atoms in total. The summed E-state index contributed by atoms with van der Waals surface area (Å²) in [7, 11) is 0. The van der Waals surface area contributed by atoms with Crippen LogP contribution in [0.15, 0.2) is 78.9 Å². The van der Waals surface area contributed by atoms with Crippen LogP contribution >= 0.6 is 0 Å². The number of rotatable bonds is 2. The Morgan fingerprint density at radius 2 is 1.22 bits per heavy atom. The molecule has 1 saturated carbocycles. The molecule has 0 unspecified atom stereocenters. The fourth-order valence-electron chi connectivity index (χ4n) is 5.12. The van der Waals surface area contributed by atoms with Gasteiger partial charge in [-0.15, -0.1) is 0 Å². The van der Waals surface area contributed by atoms with E-state index in [2.05, 4.69) is 95.6 Å². The summed E-state index contributed by atoms with van der Waals surface area (Å²) in [4.78, 5) is 5.27. The predicted octanol–water partition coefficient (Wildman–Crippen LogP) is 6.95. The van der Waals surface area contributed by atoms with E-state index in [-0.39, 0.29) is 5.66 Å². The molecule has 0 saturated heterocycles. The van der Waals surface area contributed by atoms with Crippen molar-refractivity contribution in [1.82, 2.24) is 0 Å². The van der Waals surface area contributed by atoms with Gasteiger partial charge in [-0.1, -0.05) is 55.0 Å². The number of anilines is 4. The third kappa shape index (κ3) is 2.47. The summed E-state index contributed by atoms with van der Waals surface area (Å²) < 4.78 is 0. The quantitative estimate of drug-likeness (QED) is 0.491. The van der Waals surface area contributed by atoms with Crippen LogP contribution in [0, 0.1) is 6.92 Å². The van der Waals surface area contributed by atoms with Crippen molar-refractivity contribution in [3.05, 3.63) is 84.4 Å². The molecular weight excluding hydrogens is 328 g/mol. The number of hydrogen-bond donors (Lipinski definition) is 0. The minimum absolute atomic E-state index is 0.0184. The van der Waals surface area contributed by atoms with Crippen molar-refractivity contribution < 1.29 is 0 Å². The molecule has 136 valence electrons. The van der Waals surface area contributed by atoms with Crippen LogP contribution in [0.2, 0.25) is 0 Å². The predicted molar refractivity (Wildman–Crippen MR) is 114 cm³/mol. The second-order valence-electron chi connectivity index (χ2n) is 7.83. The second-order valence-corrected chi connectivity index (χ2v) is 7.83. The lowest BCUT2D eigenvalue weighted by Gasteiger charge is -2.48. The number of aryl methyl sites for hydroxylation is 1. The maximum atomic E-state index is 2.64. The zero-order valence-corrected chi connectivity index (χ0v) is 15.9. The number of benzene rings is 3. The smallest absolute Gasteiger partial charge is 0.122 e. The van der Waals surface area contributed by atoms with Gasteiger partial charge in [0, 0.05) is 11.4 Å². The highest BCUT2D eigenvalue weighted by atomic mass is 15.5. The molecule has 27 heavy (non-hydrogen) atoms. The maximum Gasteiger partial charge on any atom is 0.122 e. The van der Waals surface area contributed by atoms with E-state index in [1.165, 1.54) is 60.4 Å². The van der Waals surface area contributed by atoms with Crippen molar-refractivity contribution in [1.29, 1.82) is 0 Å². The minimum atomic E-state index is -0.0184. The van der Waals surface area contributed by atoms with Crippen molar-refractivity contribution in [2.24, 2.45) is 0 Å². The molecule has 0 N–H and O–H groups in total. The summed E-state index contributed by atoms with van der Waals surface area (Å²) in [6.45, 7) is 2.25. The van der Waals surface area contributed by atoms with Gasteiger partial charge in [-0.3, -0.25) is 0 Å². The highest BCUT2D eigenvalue weighted by Crippen LogP contribution is 2.58. The molecular formula is C25H26N2. The van der Waals surface area contributed by atoms with Gasteiger partial charge in [0.25, 0.3) is 0 Å². The summed E-state index contributed by atoms with van der Waals surface area (Å²) in [6.07, 6.45) is 6.26. The molecule has 0 amide bonds. The first-order chi connectivity index (χ1) is 13.3. The number of fused-ring (bicyclic) bond motifs is 1.